The van der Waals surface area contributed by atoms with Gasteiger partial charge in [-0.2, -0.15) is 0 Å². The first kappa shape index (κ1) is 12.2. The van der Waals surface area contributed by atoms with E-state index in [9.17, 15) is 14.4 Å². The molecule has 0 aromatic carbocycles. The van der Waals surface area contributed by atoms with Gasteiger partial charge in [0.15, 0.2) is 0 Å². The number of nitrogens with one attached hydrogen (secondary N) is 1. The highest BCUT2D eigenvalue weighted by Crippen LogP contribution is 2.11. The predicted octanol–water partition coefficient (Wildman–Crippen LogP) is -0.335. The van der Waals surface area contributed by atoms with Crippen LogP contribution in [0.4, 0.5) is 0 Å². The fourth-order valence-corrected chi connectivity index (χ4v) is 1.49. The Kier molecular flexibility index (Phi) is 4.52. The fourth-order valence-electron chi connectivity index (χ4n) is 1.49. The third-order valence-corrected chi connectivity index (χ3v) is 2.32. The monoisotopic (exact) mass is 222 g/mol. The summed E-state index contributed by atoms with van der Waals surface area (Å²) in [5.74, 6) is 1.29. The standard InChI is InChI=1S/C11H14N2O3/c1-2-7-12-9(14)8-13-10(15)5-3-4-6-11(13)16/h1H,3-8H2,(H,12,14). The van der Waals surface area contributed by atoms with Crippen molar-refractivity contribution in [1.82, 2.24) is 10.2 Å². The maximum atomic E-state index is 11.5. The maximum Gasteiger partial charge on any atom is 0.240 e. The molecule has 1 rings (SSSR count). The molecule has 5 heteroatoms. The van der Waals surface area contributed by atoms with Crippen molar-refractivity contribution in [3.63, 3.8) is 0 Å². The Bertz CT molecular complexity index is 326. The van der Waals surface area contributed by atoms with Crippen molar-refractivity contribution in [2.45, 2.75) is 25.7 Å². The molecule has 0 radical (unpaired) electrons. The van der Waals surface area contributed by atoms with Crippen molar-refractivity contribution >= 4 is 17.7 Å². The number of carbonyl (C=O) groups is 3. The largest absolute Gasteiger partial charge is 0.344 e. The lowest BCUT2D eigenvalue weighted by molar-refractivity contribution is -0.147. The van der Waals surface area contributed by atoms with E-state index in [2.05, 4.69) is 11.2 Å². The van der Waals surface area contributed by atoms with Crippen LogP contribution in [0.3, 0.4) is 0 Å². The summed E-state index contributed by atoms with van der Waals surface area (Å²) >= 11 is 0. The van der Waals surface area contributed by atoms with Crippen molar-refractivity contribution in [1.29, 1.82) is 0 Å². The first-order valence-corrected chi connectivity index (χ1v) is 5.18. The molecular formula is C11H14N2O3. The number of terminal acetylenes is 1. The van der Waals surface area contributed by atoms with Gasteiger partial charge in [-0.25, -0.2) is 0 Å². The fraction of sp³-hybridized carbons (Fsp3) is 0.545. The minimum absolute atomic E-state index is 0.106. The van der Waals surface area contributed by atoms with Crippen LogP contribution in [-0.2, 0) is 14.4 Å². The Morgan fingerprint density at radius 3 is 2.38 bits per heavy atom. The van der Waals surface area contributed by atoms with Gasteiger partial charge in [-0.3, -0.25) is 19.3 Å². The highest BCUT2D eigenvalue weighted by Gasteiger charge is 2.25. The summed E-state index contributed by atoms with van der Waals surface area (Å²) in [4.78, 5) is 35.4. The quantitative estimate of drug-likeness (QED) is 0.525. The van der Waals surface area contributed by atoms with Crippen LogP contribution in [0, 0.1) is 12.3 Å². The number of rotatable bonds is 3. The van der Waals surface area contributed by atoms with E-state index >= 15 is 0 Å². The van der Waals surface area contributed by atoms with E-state index in [1.165, 1.54) is 0 Å². The van der Waals surface area contributed by atoms with Crippen molar-refractivity contribution < 1.29 is 14.4 Å². The number of nitrogens with zero attached hydrogens (tertiary/aromatic N) is 1. The van der Waals surface area contributed by atoms with Gasteiger partial charge in [0.2, 0.25) is 17.7 Å². The number of hydrogen-bond acceptors (Lipinski definition) is 3. The Labute approximate surface area is 94.2 Å². The van der Waals surface area contributed by atoms with E-state index in [4.69, 9.17) is 6.42 Å². The SMILES string of the molecule is C#CCNC(=O)CN1C(=O)CCCCC1=O. The molecule has 1 fully saturated rings. The molecule has 86 valence electrons. The Balaban J connectivity index is 2.55. The smallest absolute Gasteiger partial charge is 0.240 e. The Morgan fingerprint density at radius 1 is 1.31 bits per heavy atom. The minimum Gasteiger partial charge on any atom is -0.344 e. The summed E-state index contributed by atoms with van der Waals surface area (Å²) in [7, 11) is 0. The second-order valence-electron chi connectivity index (χ2n) is 3.56. The van der Waals surface area contributed by atoms with Crippen LogP contribution in [0.15, 0.2) is 0 Å². The zero-order valence-corrected chi connectivity index (χ0v) is 8.99. The van der Waals surface area contributed by atoms with E-state index in [1.807, 2.05) is 0 Å². The Hall–Kier alpha value is -1.83. The van der Waals surface area contributed by atoms with E-state index in [1.54, 1.807) is 0 Å². The van der Waals surface area contributed by atoms with Crippen LogP contribution in [-0.4, -0.2) is 35.7 Å². The van der Waals surface area contributed by atoms with E-state index in [-0.39, 0.29) is 24.9 Å². The number of amides is 3. The summed E-state index contributed by atoms with van der Waals surface area (Å²) in [6, 6.07) is 0. The van der Waals surface area contributed by atoms with E-state index in [0.29, 0.717) is 25.7 Å². The summed E-state index contributed by atoms with van der Waals surface area (Å²) in [6.45, 7) is -0.117. The summed E-state index contributed by atoms with van der Waals surface area (Å²) in [5, 5.41) is 2.42. The molecule has 5 nitrogen and oxygen atoms in total. The van der Waals surface area contributed by atoms with Gasteiger partial charge in [0.05, 0.1) is 6.54 Å². The highest BCUT2D eigenvalue weighted by molar-refractivity contribution is 5.99. The third-order valence-electron chi connectivity index (χ3n) is 2.32. The summed E-state index contributed by atoms with van der Waals surface area (Å²) in [6.07, 6.45) is 7.04. The first-order chi connectivity index (χ1) is 7.65. The van der Waals surface area contributed by atoms with Gasteiger partial charge in [-0.15, -0.1) is 6.42 Å². The van der Waals surface area contributed by atoms with Crippen molar-refractivity contribution in [3.8, 4) is 12.3 Å². The molecule has 0 unspecified atom stereocenters. The second-order valence-corrected chi connectivity index (χ2v) is 3.56. The molecule has 1 aliphatic heterocycles. The number of hydrogen-bond donors (Lipinski definition) is 1. The van der Waals surface area contributed by atoms with Crippen molar-refractivity contribution in [2.75, 3.05) is 13.1 Å². The van der Waals surface area contributed by atoms with Gasteiger partial charge in [0.25, 0.3) is 0 Å². The van der Waals surface area contributed by atoms with Crippen LogP contribution in [0.2, 0.25) is 0 Å². The normalized spacial score (nSPS) is 16.6. The van der Waals surface area contributed by atoms with Gasteiger partial charge in [0.1, 0.15) is 6.54 Å². The summed E-state index contributed by atoms with van der Waals surface area (Å²) in [5.41, 5.74) is 0. The van der Waals surface area contributed by atoms with Gasteiger partial charge >= 0.3 is 0 Å². The molecule has 0 bridgehead atoms. The molecular weight excluding hydrogens is 208 g/mol. The van der Waals surface area contributed by atoms with Crippen LogP contribution in [0.1, 0.15) is 25.7 Å². The first-order valence-electron chi connectivity index (χ1n) is 5.18. The van der Waals surface area contributed by atoms with Crippen LogP contribution < -0.4 is 5.32 Å². The van der Waals surface area contributed by atoms with E-state index in [0.717, 1.165) is 4.90 Å². The zero-order valence-electron chi connectivity index (χ0n) is 8.99. The molecule has 0 atom stereocenters. The lowest BCUT2D eigenvalue weighted by Gasteiger charge is -2.17. The topological polar surface area (TPSA) is 66.5 Å². The molecule has 0 aromatic heterocycles. The average Bonchev–Trinajstić information content (AvgIpc) is 2.41. The minimum atomic E-state index is -0.401. The molecule has 1 saturated heterocycles. The highest BCUT2D eigenvalue weighted by atomic mass is 16.2. The molecule has 1 aliphatic rings. The van der Waals surface area contributed by atoms with Crippen molar-refractivity contribution in [3.05, 3.63) is 0 Å². The van der Waals surface area contributed by atoms with Gasteiger partial charge in [0, 0.05) is 12.8 Å². The molecule has 0 aromatic rings. The Morgan fingerprint density at radius 2 is 1.88 bits per heavy atom. The number of imide groups is 1. The van der Waals surface area contributed by atoms with Gasteiger partial charge in [-0.1, -0.05) is 5.92 Å². The lowest BCUT2D eigenvalue weighted by atomic mass is 10.2. The van der Waals surface area contributed by atoms with Gasteiger partial charge in [-0.05, 0) is 12.8 Å². The maximum absolute atomic E-state index is 11.5. The third kappa shape index (κ3) is 3.39. The van der Waals surface area contributed by atoms with Gasteiger partial charge < -0.3 is 5.32 Å². The molecule has 0 saturated carbocycles. The van der Waals surface area contributed by atoms with Crippen molar-refractivity contribution in [2.24, 2.45) is 0 Å². The molecule has 0 spiro atoms. The second kappa shape index (κ2) is 5.91. The summed E-state index contributed by atoms with van der Waals surface area (Å²) < 4.78 is 0. The molecule has 1 N–H and O–H groups in total. The lowest BCUT2D eigenvalue weighted by Crippen LogP contribution is -2.43. The van der Waals surface area contributed by atoms with Crippen LogP contribution >= 0.6 is 0 Å². The molecule has 3 amide bonds. The van der Waals surface area contributed by atoms with Crippen LogP contribution in [0.25, 0.3) is 0 Å². The predicted molar refractivity (Wildman–Crippen MR) is 57.0 cm³/mol. The average molecular weight is 222 g/mol. The number of carbonyl (C=O) groups excluding carboxylic acids is 3. The van der Waals surface area contributed by atoms with E-state index < -0.39 is 5.91 Å². The zero-order chi connectivity index (χ0) is 12.0. The van der Waals surface area contributed by atoms with Crippen LogP contribution in [0.5, 0.6) is 0 Å². The molecule has 16 heavy (non-hydrogen) atoms. The number of likely N-dealkylation sites (tertiary alicyclic amines) is 1. The molecule has 0 aliphatic carbocycles. The molecule has 1 heterocycles.